The number of fused-ring (bicyclic) bond motifs is 5. The number of nitrogens with one attached hydrogen (secondary N) is 1. The van der Waals surface area contributed by atoms with Crippen molar-refractivity contribution in [3.63, 3.8) is 0 Å². The smallest absolute Gasteiger partial charge is 0.260 e. The van der Waals surface area contributed by atoms with Gasteiger partial charge in [0.1, 0.15) is 11.3 Å². The monoisotopic (exact) mass is 740 g/mol. The maximum atomic E-state index is 15.3. The molecule has 0 bridgehead atoms. The summed E-state index contributed by atoms with van der Waals surface area (Å²) < 4.78 is 5.95. The van der Waals surface area contributed by atoms with E-state index in [2.05, 4.69) is 10.4 Å². The predicted molar refractivity (Wildman–Crippen MR) is 209 cm³/mol. The molecule has 10 nitrogen and oxygen atoms in total. The number of phenolic OH excluding ortho intramolecular Hbond substituents is 1. The number of para-hydroxylation sites is 3. The lowest BCUT2D eigenvalue weighted by Crippen LogP contribution is -2.53. The van der Waals surface area contributed by atoms with E-state index in [4.69, 9.17) is 4.42 Å². The van der Waals surface area contributed by atoms with Crippen LogP contribution in [0.5, 0.6) is 5.75 Å². The Kier molecular flexibility index (Phi) is 7.61. The second-order valence-corrected chi connectivity index (χ2v) is 15.2. The topological polar surface area (TPSA) is 133 Å². The summed E-state index contributed by atoms with van der Waals surface area (Å²) in [6, 6.07) is 38.1. The molecular formula is C46H36N4O6. The Balaban J connectivity index is 1.07. The predicted octanol–water partition coefficient (Wildman–Crippen LogP) is 7.70. The van der Waals surface area contributed by atoms with E-state index in [0.717, 1.165) is 21.7 Å². The highest BCUT2D eigenvalue weighted by Gasteiger charge is 2.70. The first-order valence-electron chi connectivity index (χ1n) is 18.8. The number of carbonyl (C=O) groups excluding carboxylic acids is 4. The molecule has 0 radical (unpaired) electrons. The van der Waals surface area contributed by atoms with Crippen LogP contribution in [0.1, 0.15) is 35.4 Å². The minimum Gasteiger partial charge on any atom is -0.508 e. The largest absolute Gasteiger partial charge is 0.508 e. The van der Waals surface area contributed by atoms with Crippen LogP contribution in [0.15, 0.2) is 143 Å². The maximum Gasteiger partial charge on any atom is 0.260 e. The Bertz CT molecular complexity index is 2580. The van der Waals surface area contributed by atoms with Crippen LogP contribution in [0.3, 0.4) is 0 Å². The number of rotatable bonds is 6. The van der Waals surface area contributed by atoms with Gasteiger partial charge in [-0.2, -0.15) is 5.01 Å². The molecule has 4 aliphatic rings. The summed E-state index contributed by atoms with van der Waals surface area (Å²) in [6.07, 6.45) is 2.42. The third-order valence-electron chi connectivity index (χ3n) is 12.3. The fourth-order valence-corrected chi connectivity index (χ4v) is 9.83. The van der Waals surface area contributed by atoms with Crippen LogP contribution in [-0.4, -0.2) is 38.7 Å². The highest BCUT2D eigenvalue weighted by molar-refractivity contribution is 6.22. The van der Waals surface area contributed by atoms with E-state index in [9.17, 15) is 19.5 Å². The fourth-order valence-electron chi connectivity index (χ4n) is 9.83. The number of benzene rings is 5. The molecule has 10 rings (SSSR count). The molecule has 0 unspecified atom stereocenters. The first-order chi connectivity index (χ1) is 27.3. The molecule has 1 aromatic heterocycles. The van der Waals surface area contributed by atoms with E-state index in [1.807, 2.05) is 91.9 Å². The Morgan fingerprint density at radius 1 is 0.768 bits per heavy atom. The van der Waals surface area contributed by atoms with Gasteiger partial charge in [0.05, 0.1) is 34.5 Å². The third kappa shape index (κ3) is 4.84. The summed E-state index contributed by atoms with van der Waals surface area (Å²) in [5.74, 6) is -4.84. The molecule has 2 N–H and O–H groups in total. The number of carbonyl (C=O) groups is 4. The van der Waals surface area contributed by atoms with Gasteiger partial charge in [0.25, 0.3) is 11.8 Å². The van der Waals surface area contributed by atoms with E-state index in [0.29, 0.717) is 39.5 Å². The van der Waals surface area contributed by atoms with Crippen molar-refractivity contribution in [1.82, 2.24) is 9.99 Å². The molecule has 3 heterocycles. The van der Waals surface area contributed by atoms with Crippen molar-refractivity contribution in [1.29, 1.82) is 0 Å². The van der Waals surface area contributed by atoms with Gasteiger partial charge < -0.3 is 9.52 Å². The van der Waals surface area contributed by atoms with Gasteiger partial charge in [-0.05, 0) is 85.8 Å². The molecular weight excluding hydrogens is 705 g/mol. The lowest BCUT2D eigenvalue weighted by molar-refractivity contribution is -0.138. The summed E-state index contributed by atoms with van der Waals surface area (Å²) in [6.45, 7) is 1.96. The minimum atomic E-state index is -1.46. The molecule has 0 spiro atoms. The number of aromatic hydroxyl groups is 1. The van der Waals surface area contributed by atoms with Crippen LogP contribution in [0.4, 0.5) is 11.4 Å². The summed E-state index contributed by atoms with van der Waals surface area (Å²) in [5, 5.41) is 12.7. The zero-order valence-corrected chi connectivity index (χ0v) is 30.3. The average molecular weight is 741 g/mol. The summed E-state index contributed by atoms with van der Waals surface area (Å²) in [4.78, 5) is 65.0. The van der Waals surface area contributed by atoms with Crippen molar-refractivity contribution >= 4 is 46.1 Å². The number of nitrogens with zero attached hydrogens (tertiary/aromatic N) is 3. The van der Waals surface area contributed by atoms with E-state index >= 15 is 4.79 Å². The molecule has 5 aromatic carbocycles. The Hall–Kier alpha value is -6.81. The minimum absolute atomic E-state index is 0.0186. The van der Waals surface area contributed by atoms with Gasteiger partial charge in [0.15, 0.2) is 5.58 Å². The number of hydrogen-bond acceptors (Lipinski definition) is 8. The lowest BCUT2D eigenvalue weighted by atomic mass is 9.49. The molecule has 3 fully saturated rings. The Morgan fingerprint density at radius 2 is 1.48 bits per heavy atom. The number of hydrazine groups is 1. The summed E-state index contributed by atoms with van der Waals surface area (Å²) in [5.41, 5.74) is 7.67. The van der Waals surface area contributed by atoms with Gasteiger partial charge in [-0.25, -0.2) is 4.98 Å². The quantitative estimate of drug-likeness (QED) is 0.131. The number of anilines is 2. The molecule has 6 aromatic rings. The average Bonchev–Trinajstić information content (AvgIpc) is 3.84. The molecule has 2 saturated heterocycles. The first-order valence-corrected chi connectivity index (χ1v) is 18.8. The normalized spacial score (nSPS) is 25.6. The summed E-state index contributed by atoms with van der Waals surface area (Å²) >= 11 is 0. The Labute approximate surface area is 322 Å². The molecule has 6 atom stereocenters. The van der Waals surface area contributed by atoms with Crippen LogP contribution in [0.25, 0.3) is 22.6 Å². The molecule has 10 heteroatoms. The second kappa shape index (κ2) is 12.6. The lowest BCUT2D eigenvalue weighted by Gasteiger charge is -2.50. The van der Waals surface area contributed by atoms with Crippen LogP contribution >= 0.6 is 0 Å². The van der Waals surface area contributed by atoms with Crippen molar-refractivity contribution in [3.05, 3.63) is 156 Å². The standard InChI is InChI=1S/C46H36N4O6/c1-26-15-19-29(20-16-26)48-50-43(53)35-25-34-31(40(32-11-5-7-13-37(32)51)46(35,45(50)55)28-9-3-2-4-10-28)23-24-33-39(34)44(54)49(42(33)52)30-21-17-27(18-22-30)41-47-36-12-6-8-14-38(36)56-41/h2-23,33-35,39-40,48,51H,24-25H2,1H3/t33-,34+,35-,39-,40+,46+/m0/s1. The number of oxazole rings is 1. The van der Waals surface area contributed by atoms with Gasteiger partial charge in [0.2, 0.25) is 17.7 Å². The van der Waals surface area contributed by atoms with Crippen molar-refractivity contribution in [2.75, 3.05) is 10.3 Å². The van der Waals surface area contributed by atoms with Crippen molar-refractivity contribution in [3.8, 4) is 17.2 Å². The van der Waals surface area contributed by atoms with Crippen LogP contribution in [0.2, 0.25) is 0 Å². The molecule has 56 heavy (non-hydrogen) atoms. The van der Waals surface area contributed by atoms with Crippen molar-refractivity contribution in [2.45, 2.75) is 31.1 Å². The molecule has 1 saturated carbocycles. The second-order valence-electron chi connectivity index (χ2n) is 15.2. The van der Waals surface area contributed by atoms with Crippen LogP contribution in [-0.2, 0) is 24.6 Å². The molecule has 4 amide bonds. The molecule has 276 valence electrons. The number of allylic oxidation sites excluding steroid dienone is 2. The van der Waals surface area contributed by atoms with E-state index in [1.54, 1.807) is 48.5 Å². The highest BCUT2D eigenvalue weighted by Crippen LogP contribution is 2.65. The number of amides is 4. The van der Waals surface area contributed by atoms with E-state index in [1.165, 1.54) is 4.90 Å². The first kappa shape index (κ1) is 33.7. The fraction of sp³-hybridized carbons (Fsp3) is 0.196. The molecule has 2 aliphatic heterocycles. The van der Waals surface area contributed by atoms with Gasteiger partial charge in [-0.3, -0.25) is 29.5 Å². The summed E-state index contributed by atoms with van der Waals surface area (Å²) in [7, 11) is 0. The molecule has 2 aliphatic carbocycles. The van der Waals surface area contributed by atoms with Gasteiger partial charge in [-0.15, -0.1) is 0 Å². The maximum absolute atomic E-state index is 15.3. The van der Waals surface area contributed by atoms with Gasteiger partial charge in [-0.1, -0.05) is 90.0 Å². The number of imide groups is 2. The zero-order valence-electron chi connectivity index (χ0n) is 30.3. The number of aromatic nitrogens is 1. The number of phenols is 1. The number of aryl methyl sites for hydroxylation is 1. The zero-order chi connectivity index (χ0) is 38.3. The van der Waals surface area contributed by atoms with Crippen LogP contribution < -0.4 is 10.3 Å². The van der Waals surface area contributed by atoms with Gasteiger partial charge >= 0.3 is 0 Å². The van der Waals surface area contributed by atoms with Gasteiger partial charge in [0, 0.05) is 17.0 Å². The van der Waals surface area contributed by atoms with E-state index in [-0.39, 0.29) is 30.4 Å². The van der Waals surface area contributed by atoms with Crippen molar-refractivity contribution in [2.24, 2.45) is 23.7 Å². The van der Waals surface area contributed by atoms with Crippen molar-refractivity contribution < 1.29 is 28.7 Å². The van der Waals surface area contributed by atoms with E-state index < -0.39 is 46.8 Å². The number of hydrogen-bond donors (Lipinski definition) is 2. The SMILES string of the molecule is Cc1ccc(NN2C(=O)[C@@H]3C[C@@H]4C(=CC[C@@H]5C(=O)N(c6ccc(-c7nc8ccccc8o7)cc6)C(=O)[C@@H]54)[C@H](c4ccccc4O)[C@]3(c3ccccc3)C2=O)cc1. The Morgan fingerprint density at radius 3 is 2.23 bits per heavy atom. The van der Waals surface area contributed by atoms with Crippen LogP contribution in [0, 0.1) is 30.6 Å². The highest BCUT2D eigenvalue weighted by atomic mass is 16.3. The third-order valence-corrected chi connectivity index (χ3v) is 12.3.